The molecule has 130 valence electrons. The van der Waals surface area contributed by atoms with Crippen LogP contribution in [0.1, 0.15) is 18.0 Å². The second kappa shape index (κ2) is 7.65. The van der Waals surface area contributed by atoms with Crippen molar-refractivity contribution in [3.05, 3.63) is 41.3 Å². The minimum absolute atomic E-state index is 0.123. The summed E-state index contributed by atoms with van der Waals surface area (Å²) in [5.41, 5.74) is 0.468. The molecule has 7 nitrogen and oxygen atoms in total. The second-order valence-corrected chi connectivity index (χ2v) is 7.71. The smallest absolute Gasteiger partial charge is 0.305 e. The van der Waals surface area contributed by atoms with Crippen molar-refractivity contribution in [1.29, 1.82) is 0 Å². The van der Waals surface area contributed by atoms with Gasteiger partial charge in [0, 0.05) is 0 Å². The van der Waals surface area contributed by atoms with Crippen LogP contribution in [0.5, 0.6) is 11.5 Å². The van der Waals surface area contributed by atoms with E-state index in [4.69, 9.17) is 14.6 Å². The van der Waals surface area contributed by atoms with Crippen LogP contribution < -0.4 is 14.2 Å². The van der Waals surface area contributed by atoms with Gasteiger partial charge in [0.15, 0.2) is 11.5 Å². The van der Waals surface area contributed by atoms with Gasteiger partial charge in [0.25, 0.3) is 10.0 Å². The summed E-state index contributed by atoms with van der Waals surface area (Å²) in [6.45, 7) is 0. The maximum Gasteiger partial charge on any atom is 0.305 e. The topological polar surface area (TPSA) is 102 Å². The van der Waals surface area contributed by atoms with Crippen LogP contribution in [0.15, 0.2) is 39.9 Å². The molecule has 0 unspecified atom stereocenters. The van der Waals surface area contributed by atoms with Gasteiger partial charge >= 0.3 is 5.97 Å². The number of benzene rings is 1. The number of carboxylic acid groups (broad SMARTS) is 1. The number of hydrogen-bond donors (Lipinski definition) is 2. The zero-order valence-electron chi connectivity index (χ0n) is 13.1. The fourth-order valence-electron chi connectivity index (χ4n) is 2.13. The number of sulfonamides is 1. The molecule has 0 saturated heterocycles. The van der Waals surface area contributed by atoms with E-state index in [0.717, 1.165) is 11.3 Å². The number of methoxy groups -OCH3 is 2. The van der Waals surface area contributed by atoms with Crippen LogP contribution in [-0.4, -0.2) is 33.7 Å². The van der Waals surface area contributed by atoms with Crippen LogP contribution in [0.4, 0.5) is 0 Å². The highest BCUT2D eigenvalue weighted by Gasteiger charge is 2.25. The predicted octanol–water partition coefficient (Wildman–Crippen LogP) is 2.26. The fourth-order valence-corrected chi connectivity index (χ4v) is 4.37. The fraction of sp³-hybridized carbons (Fsp3) is 0.267. The molecule has 0 aliphatic rings. The number of ether oxygens (including phenoxy) is 2. The molecule has 2 rings (SSSR count). The lowest BCUT2D eigenvalue weighted by molar-refractivity contribution is -0.137. The monoisotopic (exact) mass is 371 g/mol. The highest BCUT2D eigenvalue weighted by molar-refractivity contribution is 7.91. The van der Waals surface area contributed by atoms with Gasteiger partial charge in [-0.3, -0.25) is 4.79 Å². The maximum absolute atomic E-state index is 12.4. The minimum atomic E-state index is -3.81. The van der Waals surface area contributed by atoms with Gasteiger partial charge in [0.05, 0.1) is 26.7 Å². The van der Waals surface area contributed by atoms with Gasteiger partial charge in [-0.15, -0.1) is 11.3 Å². The molecule has 0 fully saturated rings. The molecule has 0 saturated carbocycles. The Morgan fingerprint density at radius 1 is 1.25 bits per heavy atom. The largest absolute Gasteiger partial charge is 0.493 e. The first-order valence-corrected chi connectivity index (χ1v) is 9.23. The molecule has 0 bridgehead atoms. The van der Waals surface area contributed by atoms with Crippen molar-refractivity contribution in [2.24, 2.45) is 0 Å². The molecule has 1 heterocycles. The number of carbonyl (C=O) groups is 1. The molecule has 0 aliphatic carbocycles. The van der Waals surface area contributed by atoms with E-state index < -0.39 is 28.5 Å². The molecular weight excluding hydrogens is 354 g/mol. The minimum Gasteiger partial charge on any atom is -0.493 e. The lowest BCUT2D eigenvalue weighted by atomic mass is 10.0. The number of carboxylic acids is 1. The third-order valence-electron chi connectivity index (χ3n) is 3.25. The Labute approximate surface area is 143 Å². The Morgan fingerprint density at radius 3 is 2.50 bits per heavy atom. The van der Waals surface area contributed by atoms with Crippen molar-refractivity contribution in [1.82, 2.24) is 4.72 Å². The van der Waals surface area contributed by atoms with Crippen LogP contribution >= 0.6 is 11.3 Å². The van der Waals surface area contributed by atoms with Crippen LogP contribution in [0, 0.1) is 0 Å². The molecule has 1 atom stereocenters. The molecule has 2 N–H and O–H groups in total. The molecule has 0 aliphatic heterocycles. The molecule has 9 heteroatoms. The summed E-state index contributed by atoms with van der Waals surface area (Å²) in [5.74, 6) is -0.263. The van der Waals surface area contributed by atoms with Crippen LogP contribution in [0.2, 0.25) is 0 Å². The lowest BCUT2D eigenvalue weighted by Gasteiger charge is -2.18. The Morgan fingerprint density at radius 2 is 1.96 bits per heavy atom. The number of nitrogens with one attached hydrogen (secondary N) is 1. The van der Waals surface area contributed by atoms with E-state index in [2.05, 4.69) is 4.72 Å². The average Bonchev–Trinajstić information content (AvgIpc) is 3.08. The first-order chi connectivity index (χ1) is 11.4. The zero-order chi connectivity index (χ0) is 17.7. The van der Waals surface area contributed by atoms with Crippen molar-refractivity contribution < 1.29 is 27.8 Å². The number of rotatable bonds is 8. The normalized spacial score (nSPS) is 12.6. The van der Waals surface area contributed by atoms with Gasteiger partial charge < -0.3 is 14.6 Å². The van der Waals surface area contributed by atoms with Gasteiger partial charge in [-0.1, -0.05) is 12.1 Å². The molecule has 0 spiro atoms. The molecular formula is C15H17NO6S2. The van der Waals surface area contributed by atoms with Crippen LogP contribution in [0.25, 0.3) is 0 Å². The van der Waals surface area contributed by atoms with Crippen molar-refractivity contribution in [2.75, 3.05) is 14.2 Å². The van der Waals surface area contributed by atoms with Gasteiger partial charge in [0.2, 0.25) is 0 Å². The third-order valence-corrected chi connectivity index (χ3v) is 6.12. The first kappa shape index (κ1) is 18.2. The predicted molar refractivity (Wildman–Crippen MR) is 89.2 cm³/mol. The van der Waals surface area contributed by atoms with Gasteiger partial charge in [-0.05, 0) is 29.1 Å². The van der Waals surface area contributed by atoms with E-state index in [0.29, 0.717) is 17.1 Å². The zero-order valence-corrected chi connectivity index (χ0v) is 14.7. The van der Waals surface area contributed by atoms with Gasteiger partial charge in [-0.25, -0.2) is 13.1 Å². The van der Waals surface area contributed by atoms with Crippen molar-refractivity contribution in [2.45, 2.75) is 16.7 Å². The highest BCUT2D eigenvalue weighted by atomic mass is 32.2. The third kappa shape index (κ3) is 4.25. The summed E-state index contributed by atoms with van der Waals surface area (Å²) >= 11 is 1.06. The van der Waals surface area contributed by atoms with Crippen LogP contribution in [-0.2, 0) is 14.8 Å². The molecule has 1 aromatic carbocycles. The Bertz CT molecular complexity index is 801. The Hall–Kier alpha value is -2.10. The van der Waals surface area contributed by atoms with Gasteiger partial charge in [0.1, 0.15) is 4.21 Å². The summed E-state index contributed by atoms with van der Waals surface area (Å²) in [4.78, 5) is 11.1. The van der Waals surface area contributed by atoms with Crippen molar-refractivity contribution in [3.8, 4) is 11.5 Å². The summed E-state index contributed by atoms with van der Waals surface area (Å²) in [7, 11) is -0.886. The highest BCUT2D eigenvalue weighted by Crippen LogP contribution is 2.32. The summed E-state index contributed by atoms with van der Waals surface area (Å²) in [5, 5.41) is 10.7. The summed E-state index contributed by atoms with van der Waals surface area (Å²) in [6, 6.07) is 6.90. The van der Waals surface area contributed by atoms with Gasteiger partial charge in [-0.2, -0.15) is 0 Å². The molecule has 2 aromatic rings. The van der Waals surface area contributed by atoms with Crippen molar-refractivity contribution in [3.63, 3.8) is 0 Å². The summed E-state index contributed by atoms with van der Waals surface area (Å²) < 4.78 is 37.7. The number of thiophene rings is 1. The van der Waals surface area contributed by atoms with E-state index >= 15 is 0 Å². The van der Waals surface area contributed by atoms with Crippen LogP contribution in [0.3, 0.4) is 0 Å². The standard InChI is InChI=1S/C15H17NO6S2/c1-21-12-6-5-10(8-13(12)22-2)11(9-14(17)18)16-24(19,20)15-4-3-7-23-15/h3-8,11,16H,9H2,1-2H3,(H,17,18)/t11-/m1/s1. The SMILES string of the molecule is COc1ccc([C@@H](CC(=O)O)NS(=O)(=O)c2cccs2)cc1OC. The van der Waals surface area contributed by atoms with E-state index in [1.54, 1.807) is 29.6 Å². The van der Waals surface area contributed by atoms with E-state index in [1.165, 1.54) is 20.3 Å². The summed E-state index contributed by atoms with van der Waals surface area (Å²) in [6.07, 6.45) is -0.403. The number of hydrogen-bond acceptors (Lipinski definition) is 6. The van der Waals surface area contributed by atoms with E-state index in [9.17, 15) is 13.2 Å². The molecule has 24 heavy (non-hydrogen) atoms. The maximum atomic E-state index is 12.4. The lowest BCUT2D eigenvalue weighted by Crippen LogP contribution is -2.29. The quantitative estimate of drug-likeness (QED) is 0.738. The second-order valence-electron chi connectivity index (χ2n) is 4.82. The average molecular weight is 371 g/mol. The van der Waals surface area contributed by atoms with Crippen molar-refractivity contribution >= 4 is 27.3 Å². The molecule has 0 radical (unpaired) electrons. The first-order valence-electron chi connectivity index (χ1n) is 6.87. The number of aliphatic carboxylic acids is 1. The molecule has 1 aromatic heterocycles. The van der Waals surface area contributed by atoms with E-state index in [1.807, 2.05) is 0 Å². The van der Waals surface area contributed by atoms with E-state index in [-0.39, 0.29) is 4.21 Å². The molecule has 0 amide bonds. The Kier molecular flexibility index (Phi) is 5.81. The Balaban J connectivity index is 2.37.